The fraction of sp³-hybridized carbons (Fsp3) is 0.278. The Kier molecular flexibility index (Phi) is 4.10. The summed E-state index contributed by atoms with van der Waals surface area (Å²) in [5.41, 5.74) is 3.03. The molecule has 1 aromatic carbocycles. The molecule has 1 atom stereocenters. The summed E-state index contributed by atoms with van der Waals surface area (Å²) >= 11 is 0. The van der Waals surface area contributed by atoms with Gasteiger partial charge in [0.05, 0.1) is 22.9 Å². The van der Waals surface area contributed by atoms with Gasteiger partial charge in [0.1, 0.15) is 0 Å². The van der Waals surface area contributed by atoms with Gasteiger partial charge in [-0.3, -0.25) is 14.6 Å². The van der Waals surface area contributed by atoms with Crippen molar-refractivity contribution in [3.63, 3.8) is 0 Å². The predicted molar refractivity (Wildman–Crippen MR) is 86.1 cm³/mol. The minimum atomic E-state index is -0.838. The number of carbonyl (C=O) groups is 2. The molecule has 5 heteroatoms. The van der Waals surface area contributed by atoms with E-state index in [4.69, 9.17) is 5.11 Å². The molecule has 2 heterocycles. The molecule has 0 bridgehead atoms. The van der Waals surface area contributed by atoms with Crippen molar-refractivity contribution in [1.29, 1.82) is 0 Å². The summed E-state index contributed by atoms with van der Waals surface area (Å²) in [6.45, 7) is 2.56. The number of aromatic nitrogens is 1. The first-order valence-electron chi connectivity index (χ1n) is 7.61. The first kappa shape index (κ1) is 15.2. The van der Waals surface area contributed by atoms with E-state index in [0.29, 0.717) is 24.2 Å². The number of hydrogen-bond acceptors (Lipinski definition) is 3. The van der Waals surface area contributed by atoms with Crippen LogP contribution in [-0.4, -0.2) is 40.0 Å². The van der Waals surface area contributed by atoms with Gasteiger partial charge >= 0.3 is 5.97 Å². The van der Waals surface area contributed by atoms with Crippen LogP contribution in [0.4, 0.5) is 0 Å². The minimum Gasteiger partial charge on any atom is -0.481 e. The molecular formula is C18H18N2O3. The van der Waals surface area contributed by atoms with Gasteiger partial charge in [0, 0.05) is 18.7 Å². The Balaban J connectivity index is 1.81. The number of rotatable bonds is 3. The number of hydrogen-bond donors (Lipinski definition) is 1. The van der Waals surface area contributed by atoms with E-state index in [0.717, 1.165) is 11.3 Å². The van der Waals surface area contributed by atoms with Crippen LogP contribution in [0.1, 0.15) is 22.5 Å². The average Bonchev–Trinajstić information content (AvgIpc) is 3.05. The number of carboxylic acids is 1. The Morgan fingerprint density at radius 3 is 2.52 bits per heavy atom. The summed E-state index contributed by atoms with van der Waals surface area (Å²) in [4.78, 5) is 29.7. The Morgan fingerprint density at radius 1 is 1.17 bits per heavy atom. The van der Waals surface area contributed by atoms with E-state index in [-0.39, 0.29) is 12.5 Å². The van der Waals surface area contributed by atoms with Gasteiger partial charge in [-0.25, -0.2) is 0 Å². The average molecular weight is 310 g/mol. The fourth-order valence-corrected chi connectivity index (χ4v) is 2.87. The molecule has 0 aliphatic carbocycles. The summed E-state index contributed by atoms with van der Waals surface area (Å²) < 4.78 is 0. The Bertz CT molecular complexity index is 743. The maximum Gasteiger partial charge on any atom is 0.308 e. The molecule has 2 aromatic rings. The molecule has 0 saturated carbocycles. The summed E-state index contributed by atoms with van der Waals surface area (Å²) in [6.07, 6.45) is 0.510. The molecule has 0 spiro atoms. The normalized spacial score (nSPS) is 17.3. The van der Waals surface area contributed by atoms with Crippen LogP contribution in [0.15, 0.2) is 42.5 Å². The number of aliphatic carboxylic acids is 1. The lowest BCUT2D eigenvalue weighted by Gasteiger charge is -2.17. The topological polar surface area (TPSA) is 70.5 Å². The van der Waals surface area contributed by atoms with Crippen molar-refractivity contribution >= 4 is 11.9 Å². The number of nitrogens with zero attached hydrogens (tertiary/aromatic N) is 2. The molecule has 1 aromatic heterocycles. The molecule has 1 aliphatic heterocycles. The van der Waals surface area contributed by atoms with Crippen LogP contribution >= 0.6 is 0 Å². The van der Waals surface area contributed by atoms with Crippen molar-refractivity contribution in [2.24, 2.45) is 5.92 Å². The Hall–Kier alpha value is -2.69. The molecular weight excluding hydrogens is 292 g/mol. The lowest BCUT2D eigenvalue weighted by Crippen LogP contribution is -2.30. The minimum absolute atomic E-state index is 0.140. The van der Waals surface area contributed by atoms with E-state index < -0.39 is 11.9 Å². The predicted octanol–water partition coefficient (Wildman–Crippen LogP) is 2.60. The summed E-state index contributed by atoms with van der Waals surface area (Å²) in [6, 6.07) is 13.4. The largest absolute Gasteiger partial charge is 0.481 e. The molecule has 1 amide bonds. The highest BCUT2D eigenvalue weighted by Crippen LogP contribution is 2.22. The highest BCUT2D eigenvalue weighted by Gasteiger charge is 2.31. The van der Waals surface area contributed by atoms with Gasteiger partial charge in [0.15, 0.2) is 0 Å². The zero-order chi connectivity index (χ0) is 16.4. The van der Waals surface area contributed by atoms with Gasteiger partial charge in [0.25, 0.3) is 5.91 Å². The number of pyridine rings is 1. The smallest absolute Gasteiger partial charge is 0.308 e. The molecule has 1 fully saturated rings. The van der Waals surface area contributed by atoms with Gasteiger partial charge in [-0.1, -0.05) is 30.3 Å². The lowest BCUT2D eigenvalue weighted by molar-refractivity contribution is -0.141. The first-order valence-corrected chi connectivity index (χ1v) is 7.61. The van der Waals surface area contributed by atoms with E-state index >= 15 is 0 Å². The van der Waals surface area contributed by atoms with Crippen LogP contribution in [0.3, 0.4) is 0 Å². The third kappa shape index (κ3) is 3.08. The van der Waals surface area contributed by atoms with Gasteiger partial charge in [-0.05, 0) is 25.5 Å². The molecule has 1 aliphatic rings. The molecule has 1 unspecified atom stereocenters. The van der Waals surface area contributed by atoms with Crippen molar-refractivity contribution in [3.05, 3.63) is 53.7 Å². The number of amides is 1. The van der Waals surface area contributed by atoms with Gasteiger partial charge in [0.2, 0.25) is 0 Å². The molecule has 23 heavy (non-hydrogen) atoms. The van der Waals surface area contributed by atoms with Crippen LogP contribution in [0, 0.1) is 12.8 Å². The number of aryl methyl sites for hydroxylation is 1. The second-order valence-corrected chi connectivity index (χ2v) is 5.77. The van der Waals surface area contributed by atoms with Crippen molar-refractivity contribution in [2.75, 3.05) is 13.1 Å². The lowest BCUT2D eigenvalue weighted by atomic mass is 10.1. The zero-order valence-electron chi connectivity index (χ0n) is 12.9. The third-order valence-electron chi connectivity index (χ3n) is 4.21. The van der Waals surface area contributed by atoms with Crippen LogP contribution in [0.2, 0.25) is 0 Å². The van der Waals surface area contributed by atoms with Gasteiger partial charge < -0.3 is 10.0 Å². The van der Waals surface area contributed by atoms with E-state index in [1.54, 1.807) is 11.0 Å². The summed E-state index contributed by atoms with van der Waals surface area (Å²) in [5, 5.41) is 9.05. The van der Waals surface area contributed by atoms with E-state index in [9.17, 15) is 9.59 Å². The van der Waals surface area contributed by atoms with E-state index in [1.165, 1.54) is 0 Å². The van der Waals surface area contributed by atoms with E-state index in [2.05, 4.69) is 4.98 Å². The summed E-state index contributed by atoms with van der Waals surface area (Å²) in [5.74, 6) is -1.44. The van der Waals surface area contributed by atoms with Crippen LogP contribution < -0.4 is 0 Å². The number of likely N-dealkylation sites (tertiary alicyclic amines) is 1. The second kappa shape index (κ2) is 6.20. The highest BCUT2D eigenvalue weighted by molar-refractivity contribution is 5.96. The first-order chi connectivity index (χ1) is 11.1. The van der Waals surface area contributed by atoms with Crippen LogP contribution in [-0.2, 0) is 4.79 Å². The Morgan fingerprint density at radius 2 is 1.91 bits per heavy atom. The SMILES string of the molecule is Cc1nc(-c2ccccc2)ccc1C(=O)N1CCC(C(=O)O)C1. The fourth-order valence-electron chi connectivity index (χ4n) is 2.87. The van der Waals surface area contributed by atoms with Crippen LogP contribution in [0.25, 0.3) is 11.3 Å². The quantitative estimate of drug-likeness (QED) is 0.946. The third-order valence-corrected chi connectivity index (χ3v) is 4.21. The number of carboxylic acid groups (broad SMARTS) is 1. The van der Waals surface area contributed by atoms with Crippen molar-refractivity contribution in [1.82, 2.24) is 9.88 Å². The van der Waals surface area contributed by atoms with Crippen molar-refractivity contribution < 1.29 is 14.7 Å². The van der Waals surface area contributed by atoms with Gasteiger partial charge in [-0.15, -0.1) is 0 Å². The van der Waals surface area contributed by atoms with E-state index in [1.807, 2.05) is 43.3 Å². The van der Waals surface area contributed by atoms with Crippen molar-refractivity contribution in [2.45, 2.75) is 13.3 Å². The zero-order valence-corrected chi connectivity index (χ0v) is 12.9. The molecule has 3 rings (SSSR count). The maximum atomic E-state index is 12.6. The number of benzene rings is 1. The number of carbonyl (C=O) groups excluding carboxylic acids is 1. The monoisotopic (exact) mass is 310 g/mol. The highest BCUT2D eigenvalue weighted by atomic mass is 16.4. The molecule has 0 radical (unpaired) electrons. The summed E-state index contributed by atoms with van der Waals surface area (Å²) in [7, 11) is 0. The van der Waals surface area contributed by atoms with Crippen molar-refractivity contribution in [3.8, 4) is 11.3 Å². The maximum absolute atomic E-state index is 12.6. The van der Waals surface area contributed by atoms with Gasteiger partial charge in [-0.2, -0.15) is 0 Å². The molecule has 5 nitrogen and oxygen atoms in total. The molecule has 1 saturated heterocycles. The molecule has 118 valence electrons. The second-order valence-electron chi connectivity index (χ2n) is 5.77. The standard InChI is InChI=1S/C18H18N2O3/c1-12-15(17(21)20-10-9-14(11-20)18(22)23)7-8-16(19-12)13-5-3-2-4-6-13/h2-8,14H,9-11H2,1H3,(H,22,23). The molecule has 1 N–H and O–H groups in total. The van der Waals surface area contributed by atoms with Crippen LogP contribution in [0.5, 0.6) is 0 Å². The Labute approximate surface area is 134 Å².